The summed E-state index contributed by atoms with van der Waals surface area (Å²) in [5, 5.41) is 9.78. The molecule has 0 amide bonds. The third kappa shape index (κ3) is 6.55. The highest BCUT2D eigenvalue weighted by molar-refractivity contribution is 6.01. The Kier molecular flexibility index (Phi) is 8.64. The SMILES string of the molecule is CC(=Nc1ccccc1)c1c(O)cc(C)oc1=O.CCN(CC)CC. The maximum absolute atomic E-state index is 11.7. The molecule has 0 saturated carbocycles. The van der Waals surface area contributed by atoms with Crippen LogP contribution in [0.5, 0.6) is 5.75 Å². The van der Waals surface area contributed by atoms with Crippen LogP contribution < -0.4 is 5.63 Å². The van der Waals surface area contributed by atoms with E-state index in [9.17, 15) is 9.90 Å². The second kappa shape index (κ2) is 10.5. The molecule has 0 aliphatic heterocycles. The molecule has 136 valence electrons. The molecule has 1 aromatic carbocycles. The first-order valence-electron chi connectivity index (χ1n) is 8.59. The van der Waals surface area contributed by atoms with Crippen molar-refractivity contribution in [3.63, 3.8) is 0 Å². The normalized spacial score (nSPS) is 11.2. The van der Waals surface area contributed by atoms with Gasteiger partial charge >= 0.3 is 5.63 Å². The van der Waals surface area contributed by atoms with Crippen molar-refractivity contribution in [2.45, 2.75) is 34.6 Å². The van der Waals surface area contributed by atoms with Gasteiger partial charge in [0, 0.05) is 6.07 Å². The topological polar surface area (TPSA) is 66.0 Å². The monoisotopic (exact) mass is 344 g/mol. The van der Waals surface area contributed by atoms with E-state index in [1.807, 2.05) is 30.3 Å². The number of hydrogen-bond acceptors (Lipinski definition) is 5. The van der Waals surface area contributed by atoms with Gasteiger partial charge in [-0.1, -0.05) is 39.0 Å². The lowest BCUT2D eigenvalue weighted by molar-refractivity contribution is 0.321. The van der Waals surface area contributed by atoms with E-state index in [4.69, 9.17) is 4.42 Å². The van der Waals surface area contributed by atoms with Gasteiger partial charge in [-0.15, -0.1) is 0 Å². The first-order chi connectivity index (χ1) is 11.9. The standard InChI is InChI=1S/C14H13NO3.C6H15N/c1-9-8-12(16)13(14(17)18-9)10(2)15-11-6-4-3-5-7-11;1-4-7(5-2)6-3/h3-8,16H,1-2H3;4-6H2,1-3H3. The molecular weight excluding hydrogens is 316 g/mol. The van der Waals surface area contributed by atoms with Crippen molar-refractivity contribution in [2.75, 3.05) is 19.6 Å². The van der Waals surface area contributed by atoms with Crippen molar-refractivity contribution < 1.29 is 9.52 Å². The molecule has 1 N–H and O–H groups in total. The third-order valence-electron chi connectivity index (χ3n) is 3.81. The van der Waals surface area contributed by atoms with Crippen molar-refractivity contribution in [3.8, 4) is 5.75 Å². The highest BCUT2D eigenvalue weighted by atomic mass is 16.4. The lowest BCUT2D eigenvalue weighted by atomic mass is 10.1. The largest absolute Gasteiger partial charge is 0.507 e. The van der Waals surface area contributed by atoms with Gasteiger partial charge in [-0.3, -0.25) is 4.99 Å². The van der Waals surface area contributed by atoms with Crippen LogP contribution >= 0.6 is 0 Å². The second-order valence-electron chi connectivity index (χ2n) is 5.56. The minimum Gasteiger partial charge on any atom is -0.507 e. The van der Waals surface area contributed by atoms with Gasteiger partial charge in [0.25, 0.3) is 0 Å². The highest BCUT2D eigenvalue weighted by Gasteiger charge is 2.12. The molecule has 2 rings (SSSR count). The molecule has 25 heavy (non-hydrogen) atoms. The minimum absolute atomic E-state index is 0.101. The molecule has 0 spiro atoms. The summed E-state index contributed by atoms with van der Waals surface area (Å²) < 4.78 is 4.95. The molecule has 0 radical (unpaired) electrons. The summed E-state index contributed by atoms with van der Waals surface area (Å²) in [4.78, 5) is 18.3. The van der Waals surface area contributed by atoms with Crippen LogP contribution in [0.25, 0.3) is 0 Å². The van der Waals surface area contributed by atoms with Crippen LogP contribution in [0.2, 0.25) is 0 Å². The molecule has 0 fully saturated rings. The zero-order chi connectivity index (χ0) is 18.8. The molecule has 0 aliphatic carbocycles. The molecule has 0 saturated heterocycles. The summed E-state index contributed by atoms with van der Waals surface area (Å²) in [5.41, 5.74) is 0.663. The fourth-order valence-electron chi connectivity index (χ4n) is 2.35. The third-order valence-corrected chi connectivity index (χ3v) is 3.81. The molecule has 1 heterocycles. The average molecular weight is 344 g/mol. The summed E-state index contributed by atoms with van der Waals surface area (Å²) in [6, 6.07) is 10.6. The maximum atomic E-state index is 11.7. The summed E-state index contributed by atoms with van der Waals surface area (Å²) in [7, 11) is 0. The Morgan fingerprint density at radius 1 is 1.12 bits per heavy atom. The van der Waals surface area contributed by atoms with Gasteiger partial charge in [-0.25, -0.2) is 4.79 Å². The van der Waals surface area contributed by atoms with E-state index in [1.165, 1.54) is 25.7 Å². The highest BCUT2D eigenvalue weighted by Crippen LogP contribution is 2.18. The fourth-order valence-corrected chi connectivity index (χ4v) is 2.35. The Morgan fingerprint density at radius 3 is 2.12 bits per heavy atom. The van der Waals surface area contributed by atoms with Crippen LogP contribution in [-0.2, 0) is 0 Å². The number of aryl methyl sites for hydroxylation is 1. The molecule has 0 atom stereocenters. The van der Waals surface area contributed by atoms with Crippen LogP contribution in [0.4, 0.5) is 5.69 Å². The summed E-state index contributed by atoms with van der Waals surface area (Å²) in [6.45, 7) is 13.4. The molecule has 0 bridgehead atoms. The van der Waals surface area contributed by atoms with Gasteiger partial charge in [0.15, 0.2) is 0 Å². The quantitative estimate of drug-likeness (QED) is 0.828. The number of nitrogens with zero attached hydrogens (tertiary/aromatic N) is 2. The van der Waals surface area contributed by atoms with Crippen LogP contribution in [0, 0.1) is 6.92 Å². The zero-order valence-corrected chi connectivity index (χ0v) is 15.7. The predicted octanol–water partition coefficient (Wildman–Crippen LogP) is 4.14. The maximum Gasteiger partial charge on any atom is 0.348 e. The Morgan fingerprint density at radius 2 is 1.68 bits per heavy atom. The van der Waals surface area contributed by atoms with E-state index < -0.39 is 5.63 Å². The lowest BCUT2D eigenvalue weighted by Crippen LogP contribution is -2.21. The number of aromatic hydroxyl groups is 1. The Labute approximate surface area is 149 Å². The van der Waals surface area contributed by atoms with Crippen molar-refractivity contribution in [2.24, 2.45) is 4.99 Å². The van der Waals surface area contributed by atoms with Crippen LogP contribution in [0.1, 0.15) is 39.0 Å². The number of benzene rings is 1. The number of aliphatic imine (C=N–C) groups is 1. The van der Waals surface area contributed by atoms with E-state index in [-0.39, 0.29) is 11.3 Å². The molecular formula is C20H28N2O3. The number of rotatable bonds is 5. The van der Waals surface area contributed by atoms with Crippen molar-refractivity contribution >= 4 is 11.4 Å². The van der Waals surface area contributed by atoms with Gasteiger partial charge in [-0.05, 0) is 45.6 Å². The van der Waals surface area contributed by atoms with E-state index in [0.29, 0.717) is 11.5 Å². The van der Waals surface area contributed by atoms with Crippen molar-refractivity contribution in [1.82, 2.24) is 4.90 Å². The van der Waals surface area contributed by atoms with E-state index in [2.05, 4.69) is 30.7 Å². The van der Waals surface area contributed by atoms with E-state index in [1.54, 1.807) is 13.8 Å². The van der Waals surface area contributed by atoms with Gasteiger partial charge in [0.05, 0.1) is 11.4 Å². The van der Waals surface area contributed by atoms with Gasteiger partial charge in [0.1, 0.15) is 17.1 Å². The van der Waals surface area contributed by atoms with Crippen molar-refractivity contribution in [3.05, 3.63) is 58.1 Å². The molecule has 2 aromatic rings. The fraction of sp³-hybridized carbons (Fsp3) is 0.400. The lowest BCUT2D eigenvalue weighted by Gasteiger charge is -2.13. The van der Waals surface area contributed by atoms with Gasteiger partial charge in [-0.2, -0.15) is 0 Å². The molecule has 5 heteroatoms. The Bertz CT molecular complexity index is 727. The first-order valence-corrected chi connectivity index (χ1v) is 8.59. The summed E-state index contributed by atoms with van der Waals surface area (Å²) in [5.74, 6) is 0.259. The molecule has 5 nitrogen and oxygen atoms in total. The number of para-hydroxylation sites is 1. The molecule has 0 aliphatic rings. The van der Waals surface area contributed by atoms with Gasteiger partial charge in [0.2, 0.25) is 0 Å². The van der Waals surface area contributed by atoms with Crippen LogP contribution in [0.3, 0.4) is 0 Å². The molecule has 1 aromatic heterocycles. The average Bonchev–Trinajstić information content (AvgIpc) is 2.57. The predicted molar refractivity (Wildman–Crippen MR) is 103 cm³/mol. The molecule has 0 unspecified atom stereocenters. The zero-order valence-electron chi connectivity index (χ0n) is 15.7. The summed E-state index contributed by atoms with van der Waals surface area (Å²) >= 11 is 0. The first kappa shape index (κ1) is 20.6. The number of hydrogen-bond donors (Lipinski definition) is 1. The van der Waals surface area contributed by atoms with Gasteiger partial charge < -0.3 is 14.4 Å². The van der Waals surface area contributed by atoms with E-state index >= 15 is 0 Å². The Hall–Kier alpha value is -2.40. The minimum atomic E-state index is -0.579. The van der Waals surface area contributed by atoms with E-state index in [0.717, 1.165) is 5.69 Å². The summed E-state index contributed by atoms with van der Waals surface area (Å²) in [6.07, 6.45) is 0. The van der Waals surface area contributed by atoms with Crippen LogP contribution in [-0.4, -0.2) is 35.4 Å². The second-order valence-corrected chi connectivity index (χ2v) is 5.56. The van der Waals surface area contributed by atoms with Crippen LogP contribution in [0.15, 0.2) is 50.6 Å². The van der Waals surface area contributed by atoms with Crippen molar-refractivity contribution in [1.29, 1.82) is 0 Å². The Balaban J connectivity index is 0.000000381. The smallest absolute Gasteiger partial charge is 0.348 e.